The van der Waals surface area contributed by atoms with Crippen molar-refractivity contribution in [3.05, 3.63) is 53.0 Å². The molecule has 2 N–H and O–H groups in total. The molecule has 0 spiro atoms. The lowest BCUT2D eigenvalue weighted by molar-refractivity contribution is 0.462. The summed E-state index contributed by atoms with van der Waals surface area (Å²) >= 11 is 0. The van der Waals surface area contributed by atoms with Crippen LogP contribution in [0.1, 0.15) is 29.1 Å². The molecule has 0 unspecified atom stereocenters. The van der Waals surface area contributed by atoms with Gasteiger partial charge in [0.2, 0.25) is 0 Å². The van der Waals surface area contributed by atoms with E-state index in [4.69, 9.17) is 4.42 Å². The second-order valence-electron chi connectivity index (χ2n) is 5.10. The summed E-state index contributed by atoms with van der Waals surface area (Å²) in [5.74, 6) is 1.96. The number of hydrogen-bond donors (Lipinski definition) is 2. The lowest BCUT2D eigenvalue weighted by atomic mass is 9.99. The third-order valence-electron chi connectivity index (χ3n) is 3.57. The molecule has 100 valence electrons. The molecule has 3 nitrogen and oxygen atoms in total. The van der Waals surface area contributed by atoms with Gasteiger partial charge in [-0.3, -0.25) is 0 Å². The number of furan rings is 1. The van der Waals surface area contributed by atoms with Gasteiger partial charge in [-0.25, -0.2) is 0 Å². The maximum atomic E-state index is 5.56. The van der Waals surface area contributed by atoms with E-state index >= 15 is 0 Å². The molecule has 0 saturated heterocycles. The summed E-state index contributed by atoms with van der Waals surface area (Å²) < 4.78 is 5.56. The normalized spacial score (nSPS) is 13.9. The van der Waals surface area contributed by atoms with Gasteiger partial charge in [0.1, 0.15) is 11.5 Å². The molecular formula is C16H20N2O. The van der Waals surface area contributed by atoms with Gasteiger partial charge in [0, 0.05) is 18.8 Å². The molecule has 0 atom stereocenters. The topological polar surface area (TPSA) is 37.2 Å². The molecule has 0 saturated carbocycles. The van der Waals surface area contributed by atoms with E-state index in [0.717, 1.165) is 31.2 Å². The molecule has 1 aromatic carbocycles. The first kappa shape index (κ1) is 12.3. The van der Waals surface area contributed by atoms with Crippen molar-refractivity contribution in [1.82, 2.24) is 5.32 Å². The van der Waals surface area contributed by atoms with Gasteiger partial charge in [0.15, 0.2) is 0 Å². The highest BCUT2D eigenvalue weighted by molar-refractivity contribution is 5.59. The Kier molecular flexibility index (Phi) is 3.56. The maximum absolute atomic E-state index is 5.56. The predicted molar refractivity (Wildman–Crippen MR) is 77.2 cm³/mol. The molecular weight excluding hydrogens is 236 g/mol. The van der Waals surface area contributed by atoms with Crippen molar-refractivity contribution in [3.8, 4) is 0 Å². The summed E-state index contributed by atoms with van der Waals surface area (Å²) in [6, 6.07) is 10.6. The van der Waals surface area contributed by atoms with Crippen LogP contribution in [0.2, 0.25) is 0 Å². The van der Waals surface area contributed by atoms with Crippen LogP contribution in [0.3, 0.4) is 0 Å². The summed E-state index contributed by atoms with van der Waals surface area (Å²) in [7, 11) is 0. The molecule has 0 aliphatic carbocycles. The van der Waals surface area contributed by atoms with Crippen molar-refractivity contribution >= 4 is 5.69 Å². The summed E-state index contributed by atoms with van der Waals surface area (Å²) in [4.78, 5) is 0. The number of rotatable bonds is 4. The van der Waals surface area contributed by atoms with Crippen molar-refractivity contribution in [1.29, 1.82) is 0 Å². The fraction of sp³-hybridized carbons (Fsp3) is 0.375. The second-order valence-corrected chi connectivity index (χ2v) is 5.10. The zero-order valence-corrected chi connectivity index (χ0v) is 11.3. The quantitative estimate of drug-likeness (QED) is 0.882. The minimum atomic E-state index is 0.775. The molecule has 1 aliphatic rings. The van der Waals surface area contributed by atoms with Gasteiger partial charge in [-0.1, -0.05) is 18.2 Å². The highest BCUT2D eigenvalue weighted by atomic mass is 16.3. The highest BCUT2D eigenvalue weighted by Gasteiger charge is 2.11. The molecule has 0 radical (unpaired) electrons. The zero-order valence-electron chi connectivity index (χ0n) is 11.3. The number of nitrogens with one attached hydrogen (secondary N) is 2. The first-order valence-electron chi connectivity index (χ1n) is 6.93. The molecule has 1 aliphatic heterocycles. The average molecular weight is 256 g/mol. The van der Waals surface area contributed by atoms with E-state index in [1.54, 1.807) is 0 Å². The van der Waals surface area contributed by atoms with E-state index in [0.29, 0.717) is 0 Å². The standard InChI is InChI=1S/C16H20N2O/c1-12-7-8-15(19-12)11-17-10-14-5-2-4-13-6-3-9-18-16(13)14/h2,4-5,7-8,17-18H,3,6,9-11H2,1H3. The summed E-state index contributed by atoms with van der Waals surface area (Å²) in [6.07, 6.45) is 2.42. The molecule has 0 fully saturated rings. The number of anilines is 1. The highest BCUT2D eigenvalue weighted by Crippen LogP contribution is 2.25. The monoisotopic (exact) mass is 256 g/mol. The Morgan fingerprint density at radius 3 is 3.00 bits per heavy atom. The van der Waals surface area contributed by atoms with Crippen LogP contribution in [-0.4, -0.2) is 6.54 Å². The van der Waals surface area contributed by atoms with Crippen LogP contribution < -0.4 is 10.6 Å². The Morgan fingerprint density at radius 1 is 1.21 bits per heavy atom. The summed E-state index contributed by atoms with van der Waals surface area (Å²) in [5.41, 5.74) is 4.12. The molecule has 3 rings (SSSR count). The average Bonchev–Trinajstić information content (AvgIpc) is 2.85. The summed E-state index contributed by atoms with van der Waals surface area (Å²) in [5, 5.41) is 6.97. The van der Waals surface area contributed by atoms with Crippen molar-refractivity contribution in [2.45, 2.75) is 32.9 Å². The predicted octanol–water partition coefficient (Wildman–Crippen LogP) is 3.24. The Bertz CT molecular complexity index is 560. The SMILES string of the molecule is Cc1ccc(CNCc2cccc3c2NCCC3)o1. The summed E-state index contributed by atoms with van der Waals surface area (Å²) in [6.45, 7) is 4.70. The van der Waals surface area contributed by atoms with Crippen LogP contribution in [0, 0.1) is 6.92 Å². The first-order valence-corrected chi connectivity index (χ1v) is 6.93. The lowest BCUT2D eigenvalue weighted by Crippen LogP contribution is -2.18. The lowest BCUT2D eigenvalue weighted by Gasteiger charge is -2.21. The number of fused-ring (bicyclic) bond motifs is 1. The second kappa shape index (κ2) is 5.49. The Balaban J connectivity index is 1.64. The van der Waals surface area contributed by atoms with Crippen molar-refractivity contribution < 1.29 is 4.42 Å². The van der Waals surface area contributed by atoms with E-state index in [-0.39, 0.29) is 0 Å². The zero-order chi connectivity index (χ0) is 13.1. The van der Waals surface area contributed by atoms with Gasteiger partial charge >= 0.3 is 0 Å². The third-order valence-corrected chi connectivity index (χ3v) is 3.57. The largest absolute Gasteiger partial charge is 0.465 e. The van der Waals surface area contributed by atoms with E-state index in [2.05, 4.69) is 28.8 Å². The fourth-order valence-corrected chi connectivity index (χ4v) is 2.63. The van der Waals surface area contributed by atoms with E-state index in [1.165, 1.54) is 29.7 Å². The van der Waals surface area contributed by atoms with Crippen LogP contribution in [0.4, 0.5) is 5.69 Å². The van der Waals surface area contributed by atoms with Gasteiger partial charge in [0.05, 0.1) is 6.54 Å². The van der Waals surface area contributed by atoms with E-state index < -0.39 is 0 Å². The molecule has 3 heteroatoms. The Hall–Kier alpha value is -1.74. The van der Waals surface area contributed by atoms with E-state index in [1.807, 2.05) is 19.1 Å². The third kappa shape index (κ3) is 2.82. The first-order chi connectivity index (χ1) is 9.33. The van der Waals surface area contributed by atoms with Crippen LogP contribution in [0.5, 0.6) is 0 Å². The maximum Gasteiger partial charge on any atom is 0.117 e. The van der Waals surface area contributed by atoms with Crippen molar-refractivity contribution in [2.75, 3.05) is 11.9 Å². The number of hydrogen-bond acceptors (Lipinski definition) is 3. The van der Waals surface area contributed by atoms with Crippen molar-refractivity contribution in [2.24, 2.45) is 0 Å². The minimum absolute atomic E-state index is 0.775. The molecule has 0 bridgehead atoms. The van der Waals surface area contributed by atoms with Gasteiger partial charge in [-0.15, -0.1) is 0 Å². The molecule has 2 heterocycles. The van der Waals surface area contributed by atoms with Crippen LogP contribution in [0.25, 0.3) is 0 Å². The molecule has 2 aromatic rings. The van der Waals surface area contributed by atoms with Gasteiger partial charge in [-0.2, -0.15) is 0 Å². The van der Waals surface area contributed by atoms with Crippen molar-refractivity contribution in [3.63, 3.8) is 0 Å². The number of benzene rings is 1. The van der Waals surface area contributed by atoms with Gasteiger partial charge < -0.3 is 15.1 Å². The fourth-order valence-electron chi connectivity index (χ4n) is 2.63. The molecule has 1 aromatic heterocycles. The molecule has 19 heavy (non-hydrogen) atoms. The Labute approximate surface area is 114 Å². The van der Waals surface area contributed by atoms with Crippen LogP contribution >= 0.6 is 0 Å². The smallest absolute Gasteiger partial charge is 0.117 e. The van der Waals surface area contributed by atoms with E-state index in [9.17, 15) is 0 Å². The van der Waals surface area contributed by atoms with Crippen LogP contribution in [0.15, 0.2) is 34.7 Å². The number of aryl methyl sites for hydroxylation is 2. The Morgan fingerprint density at radius 2 is 2.16 bits per heavy atom. The minimum Gasteiger partial charge on any atom is -0.465 e. The van der Waals surface area contributed by atoms with Crippen LogP contribution in [-0.2, 0) is 19.5 Å². The van der Waals surface area contributed by atoms with Gasteiger partial charge in [0.25, 0.3) is 0 Å². The number of para-hydroxylation sites is 1. The molecule has 0 amide bonds. The van der Waals surface area contributed by atoms with Gasteiger partial charge in [-0.05, 0) is 43.0 Å².